The lowest BCUT2D eigenvalue weighted by molar-refractivity contribution is 0.101. The number of hydrogen-bond acceptors (Lipinski definition) is 3. The van der Waals surface area contributed by atoms with Crippen molar-refractivity contribution in [1.29, 1.82) is 0 Å². The lowest BCUT2D eigenvalue weighted by Gasteiger charge is -2.03. The molecule has 1 aliphatic rings. The Hall–Kier alpha value is -1.59. The van der Waals surface area contributed by atoms with Crippen molar-refractivity contribution in [3.63, 3.8) is 0 Å². The second-order valence-electron chi connectivity index (χ2n) is 4.96. The van der Waals surface area contributed by atoms with E-state index in [1.54, 1.807) is 36.4 Å². The lowest BCUT2D eigenvalue weighted by atomic mass is 10.0. The fourth-order valence-electron chi connectivity index (χ4n) is 2.58. The topological polar surface area (TPSA) is 51.2 Å². The van der Waals surface area contributed by atoms with E-state index in [4.69, 9.17) is 0 Å². The summed E-state index contributed by atoms with van der Waals surface area (Å²) in [5.41, 5.74) is 3.67. The highest BCUT2D eigenvalue weighted by atomic mass is 79.9. The first-order valence-corrected chi connectivity index (χ1v) is 8.82. The number of carbonyl (C=O) groups excluding carboxylic acids is 3. The normalized spacial score (nSPS) is 12.0. The van der Waals surface area contributed by atoms with Gasteiger partial charge in [-0.1, -0.05) is 56.1 Å². The van der Waals surface area contributed by atoms with E-state index in [1.807, 2.05) is 0 Å². The standard InChI is InChI=1S/C17H10Br2O3/c18-7-15(20)9-1-3-11-12-4-2-10(16(21)8-19)6-14(12)17(22)13(11)5-9/h1-6H,7-8H2. The summed E-state index contributed by atoms with van der Waals surface area (Å²) in [4.78, 5) is 36.1. The smallest absolute Gasteiger partial charge is 0.194 e. The fourth-order valence-corrected chi connectivity index (χ4v) is 3.23. The van der Waals surface area contributed by atoms with E-state index in [0.717, 1.165) is 11.1 Å². The van der Waals surface area contributed by atoms with E-state index in [9.17, 15) is 14.4 Å². The van der Waals surface area contributed by atoms with Gasteiger partial charge in [-0.3, -0.25) is 14.4 Å². The van der Waals surface area contributed by atoms with Gasteiger partial charge in [0.1, 0.15) is 0 Å². The van der Waals surface area contributed by atoms with Crippen LogP contribution in [0.2, 0.25) is 0 Å². The number of carbonyl (C=O) groups is 3. The van der Waals surface area contributed by atoms with Crippen molar-refractivity contribution in [3.05, 3.63) is 58.7 Å². The Morgan fingerprint density at radius 2 is 1.14 bits per heavy atom. The van der Waals surface area contributed by atoms with Gasteiger partial charge in [-0.25, -0.2) is 0 Å². The number of halogens is 2. The first-order valence-electron chi connectivity index (χ1n) is 6.58. The van der Waals surface area contributed by atoms with Gasteiger partial charge in [0.25, 0.3) is 0 Å². The highest BCUT2D eigenvalue weighted by molar-refractivity contribution is 9.09. The van der Waals surface area contributed by atoms with E-state index < -0.39 is 0 Å². The molecule has 0 heterocycles. The first-order chi connectivity index (χ1) is 10.6. The number of hydrogen-bond donors (Lipinski definition) is 0. The van der Waals surface area contributed by atoms with Gasteiger partial charge >= 0.3 is 0 Å². The fraction of sp³-hybridized carbons (Fsp3) is 0.118. The maximum Gasteiger partial charge on any atom is 0.194 e. The number of alkyl halides is 2. The molecule has 3 rings (SSSR count). The Labute approximate surface area is 144 Å². The van der Waals surface area contributed by atoms with Crippen molar-refractivity contribution in [2.24, 2.45) is 0 Å². The molecule has 22 heavy (non-hydrogen) atoms. The minimum Gasteiger partial charge on any atom is -0.293 e. The molecule has 0 saturated heterocycles. The Morgan fingerprint density at radius 1 is 0.727 bits per heavy atom. The van der Waals surface area contributed by atoms with E-state index in [1.165, 1.54) is 0 Å². The van der Waals surface area contributed by atoms with E-state index >= 15 is 0 Å². The summed E-state index contributed by atoms with van der Waals surface area (Å²) in [5, 5.41) is 0.438. The average Bonchev–Trinajstić information content (AvgIpc) is 2.85. The third-order valence-electron chi connectivity index (χ3n) is 3.71. The van der Waals surface area contributed by atoms with Crippen molar-refractivity contribution in [2.45, 2.75) is 0 Å². The molecule has 2 aromatic carbocycles. The summed E-state index contributed by atoms with van der Waals surface area (Å²) >= 11 is 6.27. The molecule has 0 aromatic heterocycles. The van der Waals surface area contributed by atoms with Gasteiger partial charge in [0.05, 0.1) is 10.7 Å². The van der Waals surface area contributed by atoms with Gasteiger partial charge in [0.15, 0.2) is 17.3 Å². The number of benzene rings is 2. The molecule has 0 saturated carbocycles. The largest absolute Gasteiger partial charge is 0.293 e. The van der Waals surface area contributed by atoms with Gasteiger partial charge in [0, 0.05) is 22.3 Å². The minimum absolute atomic E-state index is 0.0679. The monoisotopic (exact) mass is 420 g/mol. The second kappa shape index (κ2) is 5.89. The molecule has 0 fully saturated rings. The van der Waals surface area contributed by atoms with Crippen LogP contribution in [0.25, 0.3) is 11.1 Å². The molecule has 0 amide bonds. The third-order valence-corrected chi connectivity index (χ3v) is 4.72. The van der Waals surface area contributed by atoms with Gasteiger partial charge < -0.3 is 0 Å². The molecule has 110 valence electrons. The molecule has 5 heteroatoms. The van der Waals surface area contributed by atoms with E-state index in [-0.39, 0.29) is 28.0 Å². The highest BCUT2D eigenvalue weighted by Gasteiger charge is 2.28. The Kier molecular flexibility index (Phi) is 4.10. The molecular weight excluding hydrogens is 412 g/mol. The van der Waals surface area contributed by atoms with Crippen molar-refractivity contribution in [2.75, 3.05) is 10.7 Å². The van der Waals surface area contributed by atoms with Crippen molar-refractivity contribution < 1.29 is 14.4 Å². The summed E-state index contributed by atoms with van der Waals surface area (Å²) in [7, 11) is 0. The lowest BCUT2D eigenvalue weighted by Crippen LogP contribution is -2.04. The van der Waals surface area contributed by atoms with E-state index in [0.29, 0.717) is 22.3 Å². The molecule has 0 radical (unpaired) electrons. The number of Topliss-reactive ketones (excluding diaryl/α,β-unsaturated/α-hetero) is 2. The Balaban J connectivity index is 2.11. The molecule has 3 nitrogen and oxygen atoms in total. The van der Waals surface area contributed by atoms with Crippen LogP contribution in [0.1, 0.15) is 36.6 Å². The number of ketones is 3. The molecule has 0 aliphatic heterocycles. The van der Waals surface area contributed by atoms with Gasteiger partial charge in [0.2, 0.25) is 0 Å². The van der Waals surface area contributed by atoms with Gasteiger partial charge in [-0.15, -0.1) is 0 Å². The Bertz CT molecular complexity index is 757. The molecular formula is C17H10Br2O3. The average molecular weight is 422 g/mol. The maximum atomic E-state index is 12.6. The number of fused-ring (bicyclic) bond motifs is 3. The SMILES string of the molecule is O=C(CBr)c1ccc2c(c1)C(=O)c1cc(C(=O)CBr)ccc1-2. The van der Waals surface area contributed by atoms with Crippen LogP contribution in [-0.4, -0.2) is 28.0 Å². The predicted molar refractivity (Wildman–Crippen MR) is 91.6 cm³/mol. The van der Waals surface area contributed by atoms with Crippen molar-refractivity contribution in [1.82, 2.24) is 0 Å². The second-order valence-corrected chi connectivity index (χ2v) is 6.08. The zero-order valence-electron chi connectivity index (χ0n) is 11.4. The van der Waals surface area contributed by atoms with Crippen molar-refractivity contribution in [3.8, 4) is 11.1 Å². The quantitative estimate of drug-likeness (QED) is 0.471. The van der Waals surface area contributed by atoms with Crippen molar-refractivity contribution >= 4 is 49.2 Å². The van der Waals surface area contributed by atoms with Crippen LogP contribution in [0.5, 0.6) is 0 Å². The van der Waals surface area contributed by atoms with Crippen LogP contribution in [0.15, 0.2) is 36.4 Å². The molecule has 0 spiro atoms. The van der Waals surface area contributed by atoms with Crippen LogP contribution in [-0.2, 0) is 0 Å². The van der Waals surface area contributed by atoms with Crippen LogP contribution in [0, 0.1) is 0 Å². The van der Waals surface area contributed by atoms with E-state index in [2.05, 4.69) is 31.9 Å². The summed E-state index contributed by atoms with van der Waals surface area (Å²) in [6.45, 7) is 0. The first kappa shape index (κ1) is 15.3. The summed E-state index contributed by atoms with van der Waals surface area (Å²) < 4.78 is 0. The molecule has 0 N–H and O–H groups in total. The molecule has 2 aromatic rings. The predicted octanol–water partition coefficient (Wildman–Crippen LogP) is 4.05. The molecule has 0 unspecified atom stereocenters. The zero-order valence-corrected chi connectivity index (χ0v) is 14.5. The summed E-state index contributed by atoms with van der Waals surface area (Å²) in [6.07, 6.45) is 0. The minimum atomic E-state index is -0.140. The zero-order chi connectivity index (χ0) is 15.9. The highest BCUT2D eigenvalue weighted by Crippen LogP contribution is 2.37. The van der Waals surface area contributed by atoms with Crippen LogP contribution in [0.4, 0.5) is 0 Å². The van der Waals surface area contributed by atoms with Crippen LogP contribution >= 0.6 is 31.9 Å². The van der Waals surface area contributed by atoms with Crippen LogP contribution in [0.3, 0.4) is 0 Å². The molecule has 0 bridgehead atoms. The summed E-state index contributed by atoms with van der Waals surface area (Å²) in [6, 6.07) is 10.3. The molecule has 1 aliphatic carbocycles. The number of rotatable bonds is 4. The van der Waals surface area contributed by atoms with Crippen LogP contribution < -0.4 is 0 Å². The van der Waals surface area contributed by atoms with Gasteiger partial charge in [-0.05, 0) is 23.3 Å². The molecule has 0 atom stereocenters. The summed E-state index contributed by atoms with van der Waals surface area (Å²) in [5.74, 6) is -0.276. The Morgan fingerprint density at radius 3 is 1.50 bits per heavy atom. The van der Waals surface area contributed by atoms with Gasteiger partial charge in [-0.2, -0.15) is 0 Å². The third kappa shape index (κ3) is 2.38. The maximum absolute atomic E-state index is 12.6.